The van der Waals surface area contributed by atoms with Crippen molar-refractivity contribution in [2.75, 3.05) is 32.7 Å². The van der Waals surface area contributed by atoms with Crippen LogP contribution in [0.5, 0.6) is 0 Å². The smallest absolute Gasteiger partial charge is 0.272 e. The molecule has 5 nitrogen and oxygen atoms in total. The highest BCUT2D eigenvalue weighted by Gasteiger charge is 2.43. The van der Waals surface area contributed by atoms with Crippen LogP contribution in [0.15, 0.2) is 12.3 Å². The number of rotatable bonds is 4. The normalized spacial score (nSPS) is 28.1. The lowest BCUT2D eigenvalue weighted by molar-refractivity contribution is 0.0666. The number of piperidine rings is 1. The molecule has 1 unspecified atom stereocenters. The molecule has 26 heavy (non-hydrogen) atoms. The van der Waals surface area contributed by atoms with Gasteiger partial charge in [-0.25, -0.2) is 0 Å². The predicted molar refractivity (Wildman–Crippen MR) is 103 cm³/mol. The molecule has 1 aromatic heterocycles. The minimum atomic E-state index is 0.154. The van der Waals surface area contributed by atoms with Crippen LogP contribution in [0, 0.1) is 11.3 Å². The summed E-state index contributed by atoms with van der Waals surface area (Å²) in [5.74, 6) is 1.12. The first-order valence-corrected chi connectivity index (χ1v) is 10.6. The number of aryl methyl sites for hydroxylation is 1. The van der Waals surface area contributed by atoms with Gasteiger partial charge >= 0.3 is 0 Å². The molecule has 1 spiro atoms. The molecule has 0 bridgehead atoms. The molecule has 0 radical (unpaired) electrons. The summed E-state index contributed by atoms with van der Waals surface area (Å²) < 4.78 is 1.70. The van der Waals surface area contributed by atoms with Crippen LogP contribution in [-0.2, 0) is 7.05 Å². The van der Waals surface area contributed by atoms with E-state index < -0.39 is 0 Å². The molecule has 2 saturated heterocycles. The maximum atomic E-state index is 12.8. The highest BCUT2D eigenvalue weighted by atomic mass is 16.2. The van der Waals surface area contributed by atoms with Gasteiger partial charge in [0.05, 0.1) is 0 Å². The Labute approximate surface area is 157 Å². The molecule has 5 heteroatoms. The monoisotopic (exact) mass is 358 g/mol. The summed E-state index contributed by atoms with van der Waals surface area (Å²) in [5.41, 5.74) is 1.05. The van der Waals surface area contributed by atoms with Gasteiger partial charge in [-0.15, -0.1) is 0 Å². The van der Waals surface area contributed by atoms with E-state index in [1.165, 1.54) is 71.0 Å². The number of hydrogen-bond acceptors (Lipinski definition) is 3. The van der Waals surface area contributed by atoms with Crippen molar-refractivity contribution < 1.29 is 4.79 Å². The molecule has 1 saturated carbocycles. The zero-order valence-corrected chi connectivity index (χ0v) is 16.3. The minimum absolute atomic E-state index is 0.154. The molecule has 1 atom stereocenters. The summed E-state index contributed by atoms with van der Waals surface area (Å²) in [5, 5.41) is 4.15. The number of aromatic nitrogens is 2. The van der Waals surface area contributed by atoms with Crippen LogP contribution in [0.1, 0.15) is 68.3 Å². The summed E-state index contributed by atoms with van der Waals surface area (Å²) in [4.78, 5) is 17.6. The molecule has 1 amide bonds. The maximum absolute atomic E-state index is 12.8. The van der Waals surface area contributed by atoms with Crippen molar-refractivity contribution in [1.29, 1.82) is 0 Å². The Morgan fingerprint density at radius 3 is 2.77 bits per heavy atom. The van der Waals surface area contributed by atoms with E-state index >= 15 is 0 Å². The van der Waals surface area contributed by atoms with Crippen LogP contribution in [0.4, 0.5) is 0 Å². The molecule has 0 N–H and O–H groups in total. The van der Waals surface area contributed by atoms with Crippen molar-refractivity contribution in [3.63, 3.8) is 0 Å². The van der Waals surface area contributed by atoms with Gasteiger partial charge in [-0.3, -0.25) is 9.48 Å². The van der Waals surface area contributed by atoms with Gasteiger partial charge in [0.1, 0.15) is 5.69 Å². The molecule has 3 heterocycles. The lowest BCUT2D eigenvalue weighted by atomic mass is 9.79. The Morgan fingerprint density at radius 2 is 2.00 bits per heavy atom. The fourth-order valence-corrected chi connectivity index (χ4v) is 5.53. The third kappa shape index (κ3) is 3.83. The zero-order chi connectivity index (χ0) is 18.0. The predicted octanol–water partition coefficient (Wildman–Crippen LogP) is 3.32. The molecular formula is C21H34N4O. The zero-order valence-electron chi connectivity index (χ0n) is 16.3. The molecule has 144 valence electrons. The second kappa shape index (κ2) is 7.71. The largest absolute Gasteiger partial charge is 0.337 e. The Hall–Kier alpha value is -1.36. The Kier molecular flexibility index (Phi) is 5.35. The molecule has 1 aromatic rings. The van der Waals surface area contributed by atoms with Crippen LogP contribution >= 0.6 is 0 Å². The summed E-state index contributed by atoms with van der Waals surface area (Å²) in [6, 6.07) is 1.84. The van der Waals surface area contributed by atoms with Gasteiger partial charge < -0.3 is 9.80 Å². The number of carbonyl (C=O) groups is 1. The Balaban J connectivity index is 1.32. The third-order valence-electron chi connectivity index (χ3n) is 7.08. The van der Waals surface area contributed by atoms with Crippen molar-refractivity contribution in [2.24, 2.45) is 18.4 Å². The number of hydrogen-bond donors (Lipinski definition) is 0. The van der Waals surface area contributed by atoms with E-state index in [0.29, 0.717) is 11.1 Å². The quantitative estimate of drug-likeness (QED) is 0.829. The molecule has 4 rings (SSSR count). The van der Waals surface area contributed by atoms with Crippen LogP contribution < -0.4 is 0 Å². The van der Waals surface area contributed by atoms with Crippen LogP contribution in [-0.4, -0.2) is 58.2 Å². The topological polar surface area (TPSA) is 41.4 Å². The van der Waals surface area contributed by atoms with Gasteiger partial charge in [0.2, 0.25) is 0 Å². The Morgan fingerprint density at radius 1 is 1.15 bits per heavy atom. The van der Waals surface area contributed by atoms with Gasteiger partial charge in [-0.1, -0.05) is 32.1 Å². The first kappa shape index (κ1) is 18.0. The molecule has 3 fully saturated rings. The van der Waals surface area contributed by atoms with Gasteiger partial charge in [-0.05, 0) is 50.8 Å². The summed E-state index contributed by atoms with van der Waals surface area (Å²) >= 11 is 0. The first-order valence-electron chi connectivity index (χ1n) is 10.6. The Bertz CT molecular complexity index is 621. The van der Waals surface area contributed by atoms with Gasteiger partial charge in [0.25, 0.3) is 5.91 Å². The number of likely N-dealkylation sites (tertiary alicyclic amines) is 2. The second-order valence-electron chi connectivity index (χ2n) is 8.99. The van der Waals surface area contributed by atoms with E-state index in [-0.39, 0.29) is 5.91 Å². The summed E-state index contributed by atoms with van der Waals surface area (Å²) in [6.07, 6.45) is 14.1. The van der Waals surface area contributed by atoms with Crippen molar-refractivity contribution in [3.8, 4) is 0 Å². The molecule has 0 aromatic carbocycles. The maximum Gasteiger partial charge on any atom is 0.272 e. The van der Waals surface area contributed by atoms with Crippen LogP contribution in [0.3, 0.4) is 0 Å². The van der Waals surface area contributed by atoms with Crippen molar-refractivity contribution >= 4 is 5.91 Å². The SMILES string of the molecule is Cn1nccc1C(=O)N1CCC2(CCCN(CCC3CCCCC3)C2)C1. The van der Waals surface area contributed by atoms with E-state index in [2.05, 4.69) is 14.9 Å². The van der Waals surface area contributed by atoms with Crippen molar-refractivity contribution in [1.82, 2.24) is 19.6 Å². The summed E-state index contributed by atoms with van der Waals surface area (Å²) in [7, 11) is 1.85. The van der Waals surface area contributed by atoms with Crippen molar-refractivity contribution in [2.45, 2.75) is 57.8 Å². The first-order chi connectivity index (χ1) is 12.7. The highest BCUT2D eigenvalue weighted by molar-refractivity contribution is 5.92. The lowest BCUT2D eigenvalue weighted by Crippen LogP contribution is -2.46. The fourth-order valence-electron chi connectivity index (χ4n) is 5.53. The van der Waals surface area contributed by atoms with Gasteiger partial charge in [0, 0.05) is 38.3 Å². The fraction of sp³-hybridized carbons (Fsp3) is 0.810. The van der Waals surface area contributed by atoms with Crippen molar-refractivity contribution in [3.05, 3.63) is 18.0 Å². The van der Waals surface area contributed by atoms with Gasteiger partial charge in [0.15, 0.2) is 0 Å². The minimum Gasteiger partial charge on any atom is -0.337 e. The van der Waals surface area contributed by atoms with E-state index in [1.807, 2.05) is 13.1 Å². The third-order valence-corrected chi connectivity index (χ3v) is 7.08. The number of carbonyl (C=O) groups excluding carboxylic acids is 1. The highest BCUT2D eigenvalue weighted by Crippen LogP contribution is 2.39. The standard InChI is InChI=1S/C21H34N4O/c1-23-19(8-12-22-23)20(26)25-15-11-21(17-25)10-5-13-24(16-21)14-9-18-6-3-2-4-7-18/h8,12,18H,2-7,9-11,13-17H2,1H3. The number of nitrogens with zero attached hydrogens (tertiary/aromatic N) is 4. The van der Waals surface area contributed by atoms with Gasteiger partial charge in [-0.2, -0.15) is 5.10 Å². The molecule has 1 aliphatic carbocycles. The van der Waals surface area contributed by atoms with E-state index in [9.17, 15) is 4.79 Å². The average molecular weight is 359 g/mol. The van der Waals surface area contributed by atoms with E-state index in [0.717, 1.165) is 25.4 Å². The lowest BCUT2D eigenvalue weighted by Gasteiger charge is -2.41. The average Bonchev–Trinajstić information content (AvgIpc) is 3.27. The van der Waals surface area contributed by atoms with E-state index in [4.69, 9.17) is 0 Å². The van der Waals surface area contributed by atoms with E-state index in [1.54, 1.807) is 10.9 Å². The summed E-state index contributed by atoms with van der Waals surface area (Å²) in [6.45, 7) is 5.54. The van der Waals surface area contributed by atoms with Crippen LogP contribution in [0.2, 0.25) is 0 Å². The molecular weight excluding hydrogens is 324 g/mol. The second-order valence-corrected chi connectivity index (χ2v) is 8.99. The number of amides is 1. The molecule has 3 aliphatic rings. The molecule has 2 aliphatic heterocycles. The van der Waals surface area contributed by atoms with Crippen LogP contribution in [0.25, 0.3) is 0 Å².